The number of aromatic amines is 1. The smallest absolute Gasteiger partial charge is 0.389 e. The summed E-state index contributed by atoms with van der Waals surface area (Å²) in [6.45, 7) is 0. The molecule has 0 bridgehead atoms. The van der Waals surface area contributed by atoms with Crippen molar-refractivity contribution in [1.29, 1.82) is 0 Å². The lowest BCUT2D eigenvalue weighted by atomic mass is 10.1. The van der Waals surface area contributed by atoms with Crippen LogP contribution >= 0.6 is 15.9 Å². The first-order chi connectivity index (χ1) is 9.76. The van der Waals surface area contributed by atoms with Crippen LogP contribution in [0.2, 0.25) is 0 Å². The Morgan fingerprint density at radius 2 is 2.05 bits per heavy atom. The van der Waals surface area contributed by atoms with Crippen LogP contribution in [0.4, 0.5) is 13.2 Å². The lowest BCUT2D eigenvalue weighted by molar-refractivity contribution is -0.134. The summed E-state index contributed by atoms with van der Waals surface area (Å²) in [6, 6.07) is 6.59. The van der Waals surface area contributed by atoms with Crippen LogP contribution in [0.5, 0.6) is 5.88 Å². The van der Waals surface area contributed by atoms with E-state index < -0.39 is 30.5 Å². The fraction of sp³-hybridized carbons (Fsp3) is 0.231. The Bertz CT molecular complexity index is 713. The molecule has 0 atom stereocenters. The molecule has 0 spiro atoms. The summed E-state index contributed by atoms with van der Waals surface area (Å²) in [6.07, 6.45) is -5.96. The van der Waals surface area contributed by atoms with E-state index in [2.05, 4.69) is 25.9 Å². The molecule has 0 unspecified atom stereocenters. The molecular weight excluding hydrogens is 353 g/mol. The minimum Gasteiger partial charge on any atom is -0.493 e. The first-order valence-electron chi connectivity index (χ1n) is 5.91. The highest BCUT2D eigenvalue weighted by Crippen LogP contribution is 2.26. The number of hydrogen-bond donors (Lipinski definition) is 2. The van der Waals surface area contributed by atoms with Crippen molar-refractivity contribution in [2.45, 2.75) is 19.0 Å². The van der Waals surface area contributed by atoms with Crippen LogP contribution in [0.25, 0.3) is 11.1 Å². The van der Waals surface area contributed by atoms with Crippen molar-refractivity contribution < 1.29 is 18.3 Å². The zero-order valence-electron chi connectivity index (χ0n) is 10.5. The average molecular weight is 363 g/mol. The number of aromatic hydroxyl groups is 1. The van der Waals surface area contributed by atoms with E-state index >= 15 is 0 Å². The van der Waals surface area contributed by atoms with E-state index in [0.29, 0.717) is 10.0 Å². The summed E-state index contributed by atoms with van der Waals surface area (Å²) in [5.41, 5.74) is -0.345. The van der Waals surface area contributed by atoms with Gasteiger partial charge in [-0.25, -0.2) is 0 Å². The molecule has 0 aliphatic heterocycles. The van der Waals surface area contributed by atoms with Crippen molar-refractivity contribution in [3.8, 4) is 17.0 Å². The molecule has 1 aromatic carbocycles. The van der Waals surface area contributed by atoms with E-state index in [-0.39, 0.29) is 11.4 Å². The maximum absolute atomic E-state index is 12.1. The third-order valence-electron chi connectivity index (χ3n) is 2.71. The summed E-state index contributed by atoms with van der Waals surface area (Å²) in [5.74, 6) is -0.789. The van der Waals surface area contributed by atoms with Crippen molar-refractivity contribution in [1.82, 2.24) is 9.97 Å². The van der Waals surface area contributed by atoms with Crippen molar-refractivity contribution in [2.24, 2.45) is 0 Å². The van der Waals surface area contributed by atoms with Crippen molar-refractivity contribution in [3.63, 3.8) is 0 Å². The van der Waals surface area contributed by atoms with Gasteiger partial charge in [0.25, 0.3) is 5.56 Å². The molecular formula is C13H10BrF3N2O2. The normalized spacial score (nSPS) is 11.6. The Kier molecular flexibility index (Phi) is 4.36. The summed E-state index contributed by atoms with van der Waals surface area (Å²) in [5, 5.41) is 9.82. The second-order valence-electron chi connectivity index (χ2n) is 4.34. The first-order valence-corrected chi connectivity index (χ1v) is 6.70. The molecule has 0 saturated heterocycles. The molecule has 8 heteroatoms. The first kappa shape index (κ1) is 15.6. The molecule has 112 valence electrons. The van der Waals surface area contributed by atoms with Crippen LogP contribution in [-0.4, -0.2) is 21.3 Å². The van der Waals surface area contributed by atoms with Crippen molar-refractivity contribution >= 4 is 15.9 Å². The zero-order valence-corrected chi connectivity index (χ0v) is 12.1. The maximum atomic E-state index is 12.1. The number of hydrogen-bond acceptors (Lipinski definition) is 3. The van der Waals surface area contributed by atoms with Gasteiger partial charge in [0.2, 0.25) is 5.88 Å². The van der Waals surface area contributed by atoms with Gasteiger partial charge < -0.3 is 10.1 Å². The van der Waals surface area contributed by atoms with Crippen LogP contribution in [0.1, 0.15) is 12.2 Å². The molecule has 0 aliphatic carbocycles. The number of aryl methyl sites for hydroxylation is 1. The lowest BCUT2D eigenvalue weighted by Gasteiger charge is -2.08. The number of alkyl halides is 3. The van der Waals surface area contributed by atoms with Gasteiger partial charge in [-0.05, 0) is 17.7 Å². The Morgan fingerprint density at radius 3 is 2.62 bits per heavy atom. The average Bonchev–Trinajstić information content (AvgIpc) is 2.35. The van der Waals surface area contributed by atoms with Crippen molar-refractivity contribution in [3.05, 3.63) is 44.9 Å². The van der Waals surface area contributed by atoms with Gasteiger partial charge in [0.1, 0.15) is 11.4 Å². The second kappa shape index (κ2) is 5.88. The fourth-order valence-corrected chi connectivity index (χ4v) is 2.19. The SMILES string of the molecule is O=c1[nH]c(CCC(F)(F)F)nc(O)c1-c1cccc(Br)c1. The molecule has 2 N–H and O–H groups in total. The van der Waals surface area contributed by atoms with Gasteiger partial charge in [0.15, 0.2) is 0 Å². The monoisotopic (exact) mass is 362 g/mol. The minimum absolute atomic E-state index is 0.0768. The van der Waals surface area contributed by atoms with Gasteiger partial charge >= 0.3 is 6.18 Å². The van der Waals surface area contributed by atoms with Gasteiger partial charge in [-0.1, -0.05) is 28.1 Å². The summed E-state index contributed by atoms with van der Waals surface area (Å²) in [4.78, 5) is 17.8. The predicted molar refractivity (Wildman–Crippen MR) is 74.0 cm³/mol. The third-order valence-corrected chi connectivity index (χ3v) is 3.20. The number of H-pyrrole nitrogens is 1. The highest BCUT2D eigenvalue weighted by atomic mass is 79.9. The molecule has 21 heavy (non-hydrogen) atoms. The number of benzene rings is 1. The molecule has 0 radical (unpaired) electrons. The van der Waals surface area contributed by atoms with Crippen LogP contribution in [-0.2, 0) is 6.42 Å². The van der Waals surface area contributed by atoms with Gasteiger partial charge in [-0.15, -0.1) is 0 Å². The number of halogens is 4. The van der Waals surface area contributed by atoms with Gasteiger partial charge in [-0.2, -0.15) is 18.2 Å². The molecule has 0 saturated carbocycles. The highest BCUT2D eigenvalue weighted by Gasteiger charge is 2.27. The van der Waals surface area contributed by atoms with Gasteiger partial charge in [0.05, 0.1) is 6.42 Å². The summed E-state index contributed by atoms with van der Waals surface area (Å²) in [7, 11) is 0. The fourth-order valence-electron chi connectivity index (χ4n) is 1.79. The Labute approximate surface area is 125 Å². The van der Waals surface area contributed by atoms with E-state index in [9.17, 15) is 23.1 Å². The number of nitrogens with zero attached hydrogens (tertiary/aromatic N) is 1. The predicted octanol–water partition coefficient (Wildman–Crippen LogP) is 3.40. The third kappa shape index (κ3) is 4.07. The Morgan fingerprint density at radius 1 is 1.33 bits per heavy atom. The zero-order chi connectivity index (χ0) is 15.6. The Balaban J connectivity index is 2.36. The van der Waals surface area contributed by atoms with E-state index in [1.807, 2.05) is 0 Å². The van der Waals surface area contributed by atoms with Crippen LogP contribution in [0, 0.1) is 0 Å². The number of aromatic nitrogens is 2. The molecule has 2 rings (SSSR count). The van der Waals surface area contributed by atoms with E-state index in [1.54, 1.807) is 24.3 Å². The standard InChI is InChI=1S/C13H10BrF3N2O2/c14-8-3-1-2-7(6-8)10-11(20)18-9(19-12(10)21)4-5-13(15,16)17/h1-3,6H,4-5H2,(H2,18,19,20,21). The molecule has 0 amide bonds. The van der Waals surface area contributed by atoms with E-state index in [4.69, 9.17) is 0 Å². The Hall–Kier alpha value is -1.83. The number of nitrogens with one attached hydrogen (secondary N) is 1. The minimum atomic E-state index is -4.35. The quantitative estimate of drug-likeness (QED) is 0.879. The van der Waals surface area contributed by atoms with Crippen LogP contribution in [0.15, 0.2) is 33.5 Å². The van der Waals surface area contributed by atoms with Gasteiger partial charge in [-0.3, -0.25) is 4.79 Å². The maximum Gasteiger partial charge on any atom is 0.389 e. The van der Waals surface area contributed by atoms with Gasteiger partial charge in [0, 0.05) is 10.9 Å². The van der Waals surface area contributed by atoms with Crippen molar-refractivity contribution in [2.75, 3.05) is 0 Å². The summed E-state index contributed by atoms with van der Waals surface area (Å²) < 4.78 is 37.1. The topological polar surface area (TPSA) is 66.0 Å². The molecule has 0 aliphatic rings. The summed E-state index contributed by atoms with van der Waals surface area (Å²) >= 11 is 3.23. The van der Waals surface area contributed by atoms with E-state index in [1.165, 1.54) is 0 Å². The molecule has 4 nitrogen and oxygen atoms in total. The molecule has 2 aromatic rings. The molecule has 0 fully saturated rings. The lowest BCUT2D eigenvalue weighted by Crippen LogP contribution is -2.16. The second-order valence-corrected chi connectivity index (χ2v) is 5.25. The largest absolute Gasteiger partial charge is 0.493 e. The van der Waals surface area contributed by atoms with E-state index in [0.717, 1.165) is 0 Å². The van der Waals surface area contributed by atoms with Crippen LogP contribution in [0.3, 0.4) is 0 Å². The number of rotatable bonds is 3. The molecule has 1 heterocycles. The highest BCUT2D eigenvalue weighted by molar-refractivity contribution is 9.10. The molecule has 1 aromatic heterocycles. The van der Waals surface area contributed by atoms with Crippen LogP contribution < -0.4 is 5.56 Å².